The zero-order valence-electron chi connectivity index (χ0n) is 15.3. The normalized spacial score (nSPS) is 22.8. The minimum absolute atomic E-state index is 0. The number of morpholine rings is 1. The van der Waals surface area contributed by atoms with Crippen molar-refractivity contribution >= 4 is 29.9 Å². The maximum absolute atomic E-state index is 5.83. The van der Waals surface area contributed by atoms with Crippen molar-refractivity contribution in [2.75, 3.05) is 26.7 Å². The second-order valence-electron chi connectivity index (χ2n) is 6.89. The van der Waals surface area contributed by atoms with E-state index >= 15 is 0 Å². The van der Waals surface area contributed by atoms with Crippen LogP contribution in [0, 0.1) is 0 Å². The number of nitrogens with zero attached hydrogens (tertiary/aromatic N) is 2. The second-order valence-corrected chi connectivity index (χ2v) is 6.89. The van der Waals surface area contributed by atoms with Crippen molar-refractivity contribution in [3.05, 3.63) is 24.2 Å². The quantitative estimate of drug-likeness (QED) is 0.410. The van der Waals surface area contributed by atoms with E-state index in [9.17, 15) is 0 Å². The first-order valence-electron chi connectivity index (χ1n) is 8.27. The molecule has 2 rings (SSSR count). The minimum atomic E-state index is 0. The van der Waals surface area contributed by atoms with E-state index in [4.69, 9.17) is 9.15 Å². The highest BCUT2D eigenvalue weighted by molar-refractivity contribution is 14.0. The molecule has 0 bridgehead atoms. The van der Waals surface area contributed by atoms with Gasteiger partial charge in [-0.15, -0.1) is 24.0 Å². The van der Waals surface area contributed by atoms with Crippen molar-refractivity contribution in [1.82, 2.24) is 15.5 Å². The van der Waals surface area contributed by atoms with E-state index in [0.29, 0.717) is 6.54 Å². The Balaban J connectivity index is 0.00000288. The molecule has 2 unspecified atom stereocenters. The van der Waals surface area contributed by atoms with Gasteiger partial charge < -0.3 is 19.8 Å². The standard InChI is InChI=1S/C17H30N4O2.HI/c1-13-9-21(10-14(2)23-13)17(3,4)12-20-16(18-5)19-8-15-6-7-22-11-15;/h6-7,11,13-14H,8-10,12H2,1-5H3,(H2,18,19,20);1H. The number of halogens is 1. The molecule has 2 atom stereocenters. The Morgan fingerprint density at radius 2 is 1.96 bits per heavy atom. The van der Waals surface area contributed by atoms with E-state index in [0.717, 1.165) is 31.2 Å². The molecule has 1 aliphatic rings. The SMILES string of the molecule is CN=C(NCc1ccoc1)NCC(C)(C)N1CC(C)OC(C)C1.I. The molecule has 0 aromatic carbocycles. The van der Waals surface area contributed by atoms with Crippen LogP contribution >= 0.6 is 24.0 Å². The topological polar surface area (TPSA) is 62.0 Å². The highest BCUT2D eigenvalue weighted by Crippen LogP contribution is 2.20. The summed E-state index contributed by atoms with van der Waals surface area (Å²) >= 11 is 0. The van der Waals surface area contributed by atoms with Crippen LogP contribution in [0.2, 0.25) is 0 Å². The number of rotatable bonds is 5. The molecule has 0 amide bonds. The third-order valence-electron chi connectivity index (χ3n) is 4.23. The Morgan fingerprint density at radius 1 is 1.29 bits per heavy atom. The Morgan fingerprint density at radius 3 is 2.50 bits per heavy atom. The zero-order valence-corrected chi connectivity index (χ0v) is 17.7. The van der Waals surface area contributed by atoms with Crippen molar-refractivity contribution in [2.45, 2.75) is 52.0 Å². The van der Waals surface area contributed by atoms with Crippen LogP contribution in [-0.4, -0.2) is 55.3 Å². The summed E-state index contributed by atoms with van der Waals surface area (Å²) in [5.74, 6) is 0.800. The first-order chi connectivity index (χ1) is 10.9. The van der Waals surface area contributed by atoms with Crippen LogP contribution in [0.3, 0.4) is 0 Å². The molecule has 7 heteroatoms. The van der Waals surface area contributed by atoms with Gasteiger partial charge in [0.05, 0.1) is 24.7 Å². The van der Waals surface area contributed by atoms with Crippen LogP contribution in [0.5, 0.6) is 0 Å². The molecule has 0 spiro atoms. The van der Waals surface area contributed by atoms with Gasteiger partial charge in [0.2, 0.25) is 0 Å². The lowest BCUT2D eigenvalue weighted by molar-refractivity contribution is -0.0946. The van der Waals surface area contributed by atoms with Gasteiger partial charge >= 0.3 is 0 Å². The molecule has 24 heavy (non-hydrogen) atoms. The Kier molecular flexibility index (Phi) is 8.52. The third-order valence-corrected chi connectivity index (χ3v) is 4.23. The molecule has 2 N–H and O–H groups in total. The number of hydrogen-bond donors (Lipinski definition) is 2. The van der Waals surface area contributed by atoms with Gasteiger partial charge in [-0.05, 0) is 33.8 Å². The molecular formula is C17H31IN4O2. The zero-order chi connectivity index (χ0) is 16.9. The predicted molar refractivity (Wildman–Crippen MR) is 108 cm³/mol. The van der Waals surface area contributed by atoms with E-state index < -0.39 is 0 Å². The van der Waals surface area contributed by atoms with Crippen molar-refractivity contribution < 1.29 is 9.15 Å². The third kappa shape index (κ3) is 6.25. The van der Waals surface area contributed by atoms with Gasteiger partial charge in [-0.25, -0.2) is 0 Å². The van der Waals surface area contributed by atoms with Crippen molar-refractivity contribution in [3.8, 4) is 0 Å². The molecule has 0 aliphatic carbocycles. The van der Waals surface area contributed by atoms with Gasteiger partial charge in [-0.2, -0.15) is 0 Å². The number of furan rings is 1. The van der Waals surface area contributed by atoms with Gasteiger partial charge in [0.25, 0.3) is 0 Å². The lowest BCUT2D eigenvalue weighted by Crippen LogP contribution is -2.59. The Bertz CT molecular complexity index is 495. The Labute approximate surface area is 162 Å². The number of ether oxygens (including phenoxy) is 1. The molecule has 1 fully saturated rings. The average Bonchev–Trinajstić information content (AvgIpc) is 2.99. The predicted octanol–water partition coefficient (Wildman–Crippen LogP) is 2.45. The van der Waals surface area contributed by atoms with E-state index in [1.165, 1.54) is 0 Å². The molecule has 1 aromatic heterocycles. The van der Waals surface area contributed by atoms with Gasteiger partial charge in [0.1, 0.15) is 0 Å². The number of hydrogen-bond acceptors (Lipinski definition) is 4. The maximum Gasteiger partial charge on any atom is 0.191 e. The van der Waals surface area contributed by atoms with Crippen LogP contribution < -0.4 is 10.6 Å². The molecule has 0 saturated carbocycles. The number of aliphatic imine (C=N–C) groups is 1. The molecule has 1 aliphatic heterocycles. The van der Waals surface area contributed by atoms with Gasteiger partial charge in [0.15, 0.2) is 5.96 Å². The van der Waals surface area contributed by atoms with Crippen LogP contribution in [0.1, 0.15) is 33.3 Å². The summed E-state index contributed by atoms with van der Waals surface area (Å²) in [6.07, 6.45) is 3.96. The molecule has 1 aromatic rings. The van der Waals surface area contributed by atoms with Gasteiger partial charge in [-0.3, -0.25) is 9.89 Å². The van der Waals surface area contributed by atoms with Gasteiger partial charge in [0, 0.05) is 44.3 Å². The summed E-state index contributed by atoms with van der Waals surface area (Å²) in [7, 11) is 1.79. The van der Waals surface area contributed by atoms with Gasteiger partial charge in [-0.1, -0.05) is 0 Å². The number of nitrogens with one attached hydrogen (secondary N) is 2. The van der Waals surface area contributed by atoms with E-state index in [1.807, 2.05) is 6.07 Å². The van der Waals surface area contributed by atoms with E-state index in [1.54, 1.807) is 19.6 Å². The Hall–Kier alpha value is -0.800. The summed E-state index contributed by atoms with van der Waals surface area (Å²) in [4.78, 5) is 6.77. The smallest absolute Gasteiger partial charge is 0.191 e. The highest BCUT2D eigenvalue weighted by atomic mass is 127. The molecule has 2 heterocycles. The summed E-state index contributed by atoms with van der Waals surface area (Å²) in [6, 6.07) is 1.95. The largest absolute Gasteiger partial charge is 0.472 e. The van der Waals surface area contributed by atoms with E-state index in [-0.39, 0.29) is 41.7 Å². The monoisotopic (exact) mass is 450 g/mol. The van der Waals surface area contributed by atoms with Crippen LogP contribution in [-0.2, 0) is 11.3 Å². The van der Waals surface area contributed by atoms with Crippen molar-refractivity contribution in [2.24, 2.45) is 4.99 Å². The minimum Gasteiger partial charge on any atom is -0.472 e. The molecule has 0 radical (unpaired) electrons. The highest BCUT2D eigenvalue weighted by Gasteiger charge is 2.33. The van der Waals surface area contributed by atoms with Crippen LogP contribution in [0.4, 0.5) is 0 Å². The summed E-state index contributed by atoms with van der Waals surface area (Å²) in [5.41, 5.74) is 1.13. The van der Waals surface area contributed by atoms with E-state index in [2.05, 4.69) is 48.2 Å². The fraction of sp³-hybridized carbons (Fsp3) is 0.706. The molecular weight excluding hydrogens is 419 g/mol. The molecule has 1 saturated heterocycles. The van der Waals surface area contributed by atoms with Crippen molar-refractivity contribution in [1.29, 1.82) is 0 Å². The van der Waals surface area contributed by atoms with Crippen LogP contribution in [0.15, 0.2) is 28.0 Å². The summed E-state index contributed by atoms with van der Waals surface area (Å²) < 4.78 is 10.9. The number of guanidine groups is 1. The van der Waals surface area contributed by atoms with Crippen LogP contribution in [0.25, 0.3) is 0 Å². The molecule has 138 valence electrons. The first kappa shape index (κ1) is 21.2. The first-order valence-corrected chi connectivity index (χ1v) is 8.27. The maximum atomic E-state index is 5.83. The fourth-order valence-electron chi connectivity index (χ4n) is 2.88. The summed E-state index contributed by atoms with van der Waals surface area (Å²) in [5, 5.41) is 6.73. The van der Waals surface area contributed by atoms with Crippen molar-refractivity contribution in [3.63, 3.8) is 0 Å². The summed E-state index contributed by atoms with van der Waals surface area (Å²) in [6.45, 7) is 12.2. The lowest BCUT2D eigenvalue weighted by atomic mass is 10.00. The average molecular weight is 450 g/mol. The fourth-order valence-corrected chi connectivity index (χ4v) is 2.88. The lowest BCUT2D eigenvalue weighted by Gasteiger charge is -2.45. The molecule has 6 nitrogen and oxygen atoms in total. The second kappa shape index (κ2) is 9.62.